The Morgan fingerprint density at radius 1 is 1.30 bits per heavy atom. The van der Waals surface area contributed by atoms with Crippen molar-refractivity contribution in [3.63, 3.8) is 0 Å². The maximum Gasteiger partial charge on any atom is 0.267 e. The molecule has 2 aliphatic rings. The molecular formula is C17H18N2O4. The van der Waals surface area contributed by atoms with Crippen LogP contribution in [0.5, 0.6) is 11.5 Å². The molecule has 0 aliphatic carbocycles. The summed E-state index contributed by atoms with van der Waals surface area (Å²) in [5.41, 5.74) is 0.811. The summed E-state index contributed by atoms with van der Waals surface area (Å²) in [6.45, 7) is 2.79. The largest absolute Gasteiger partial charge is 0.485 e. The SMILES string of the molecule is Cc1cc([C@H]2CCCN2C(=O)[C@H]2COc3ccccc3O2)no1. The van der Waals surface area contributed by atoms with Gasteiger partial charge >= 0.3 is 0 Å². The third-order valence-electron chi connectivity index (χ3n) is 4.31. The summed E-state index contributed by atoms with van der Waals surface area (Å²) in [6, 6.07) is 9.26. The van der Waals surface area contributed by atoms with Gasteiger partial charge in [-0.05, 0) is 31.9 Å². The molecule has 1 aromatic carbocycles. The van der Waals surface area contributed by atoms with Crippen molar-refractivity contribution < 1.29 is 18.8 Å². The third-order valence-corrected chi connectivity index (χ3v) is 4.31. The molecule has 3 heterocycles. The summed E-state index contributed by atoms with van der Waals surface area (Å²) in [4.78, 5) is 14.7. The van der Waals surface area contributed by atoms with Gasteiger partial charge in [0.2, 0.25) is 6.10 Å². The molecule has 0 N–H and O–H groups in total. The van der Waals surface area contributed by atoms with Crippen LogP contribution in [0.2, 0.25) is 0 Å². The Morgan fingerprint density at radius 2 is 2.13 bits per heavy atom. The molecule has 2 aromatic rings. The van der Waals surface area contributed by atoms with Gasteiger partial charge in [-0.2, -0.15) is 0 Å². The number of carbonyl (C=O) groups is 1. The molecule has 6 nitrogen and oxygen atoms in total. The van der Waals surface area contributed by atoms with Crippen molar-refractivity contribution in [1.29, 1.82) is 0 Å². The first-order valence-electron chi connectivity index (χ1n) is 7.84. The fraction of sp³-hybridized carbons (Fsp3) is 0.412. The van der Waals surface area contributed by atoms with E-state index in [1.807, 2.05) is 42.2 Å². The van der Waals surface area contributed by atoms with Crippen molar-refractivity contribution in [3.8, 4) is 11.5 Å². The lowest BCUT2D eigenvalue weighted by Crippen LogP contribution is -2.46. The van der Waals surface area contributed by atoms with Crippen molar-refractivity contribution in [2.75, 3.05) is 13.2 Å². The van der Waals surface area contributed by atoms with Crippen LogP contribution in [0.4, 0.5) is 0 Å². The molecule has 0 radical (unpaired) electrons. The van der Waals surface area contributed by atoms with E-state index in [1.54, 1.807) is 0 Å². The van der Waals surface area contributed by atoms with E-state index in [-0.39, 0.29) is 18.6 Å². The number of hydrogen-bond acceptors (Lipinski definition) is 5. The standard InChI is InChI=1S/C17H18N2O4/c1-11-9-12(18-23-11)13-5-4-8-19(13)17(20)16-10-21-14-6-2-3-7-15(14)22-16/h2-3,6-7,9,13,16H,4-5,8,10H2,1H3/t13-,16-/m1/s1. The quantitative estimate of drug-likeness (QED) is 0.852. The van der Waals surface area contributed by atoms with Crippen molar-refractivity contribution in [3.05, 3.63) is 41.8 Å². The summed E-state index contributed by atoms with van der Waals surface area (Å²) < 4.78 is 16.6. The van der Waals surface area contributed by atoms with Gasteiger partial charge in [-0.3, -0.25) is 4.79 Å². The monoisotopic (exact) mass is 314 g/mol. The Morgan fingerprint density at radius 3 is 2.91 bits per heavy atom. The van der Waals surface area contributed by atoms with E-state index in [4.69, 9.17) is 14.0 Å². The Kier molecular flexibility index (Phi) is 3.44. The first kappa shape index (κ1) is 14.1. The molecule has 0 unspecified atom stereocenters. The van der Waals surface area contributed by atoms with E-state index >= 15 is 0 Å². The number of para-hydroxylation sites is 2. The highest BCUT2D eigenvalue weighted by atomic mass is 16.6. The number of aromatic nitrogens is 1. The van der Waals surface area contributed by atoms with Crippen LogP contribution in [0, 0.1) is 6.92 Å². The first-order chi connectivity index (χ1) is 11.2. The molecule has 4 rings (SSSR count). The zero-order chi connectivity index (χ0) is 15.8. The number of rotatable bonds is 2. The van der Waals surface area contributed by atoms with Gasteiger partial charge in [0.1, 0.15) is 18.1 Å². The number of aryl methyl sites for hydroxylation is 1. The molecule has 1 amide bonds. The Balaban J connectivity index is 1.52. The number of amides is 1. The lowest BCUT2D eigenvalue weighted by molar-refractivity contribution is -0.142. The van der Waals surface area contributed by atoms with Gasteiger partial charge in [-0.25, -0.2) is 0 Å². The summed E-state index contributed by atoms with van der Waals surface area (Å²) in [5, 5.41) is 4.07. The predicted molar refractivity (Wildman–Crippen MR) is 81.3 cm³/mol. The number of nitrogens with zero attached hydrogens (tertiary/aromatic N) is 2. The summed E-state index contributed by atoms with van der Waals surface area (Å²) in [5.74, 6) is 2.00. The minimum Gasteiger partial charge on any atom is -0.485 e. The average Bonchev–Trinajstić information content (AvgIpc) is 3.22. The number of ether oxygens (including phenoxy) is 2. The fourth-order valence-corrected chi connectivity index (χ4v) is 3.21. The molecule has 2 atom stereocenters. The lowest BCUT2D eigenvalue weighted by Gasteiger charge is -2.31. The highest BCUT2D eigenvalue weighted by molar-refractivity contribution is 5.82. The molecule has 120 valence electrons. The van der Waals surface area contributed by atoms with Gasteiger partial charge in [0.15, 0.2) is 11.5 Å². The van der Waals surface area contributed by atoms with E-state index in [0.29, 0.717) is 18.0 Å². The molecule has 0 saturated carbocycles. The van der Waals surface area contributed by atoms with E-state index < -0.39 is 6.10 Å². The molecule has 6 heteroatoms. The summed E-state index contributed by atoms with van der Waals surface area (Å²) in [6.07, 6.45) is 1.23. The van der Waals surface area contributed by atoms with Gasteiger partial charge in [-0.15, -0.1) is 0 Å². The number of carbonyl (C=O) groups excluding carboxylic acids is 1. The Hall–Kier alpha value is -2.50. The second kappa shape index (κ2) is 5.61. The van der Waals surface area contributed by atoms with Crippen molar-refractivity contribution in [2.45, 2.75) is 31.9 Å². The number of fused-ring (bicyclic) bond motifs is 1. The Labute approximate surface area is 134 Å². The van der Waals surface area contributed by atoms with E-state index in [2.05, 4.69) is 5.16 Å². The van der Waals surface area contributed by atoms with Crippen LogP contribution in [0.1, 0.15) is 30.3 Å². The van der Waals surface area contributed by atoms with Crippen LogP contribution >= 0.6 is 0 Å². The highest BCUT2D eigenvalue weighted by Gasteiger charge is 2.38. The Bertz CT molecular complexity index is 727. The summed E-state index contributed by atoms with van der Waals surface area (Å²) in [7, 11) is 0. The highest BCUT2D eigenvalue weighted by Crippen LogP contribution is 2.35. The topological polar surface area (TPSA) is 64.8 Å². The van der Waals surface area contributed by atoms with Gasteiger partial charge in [0, 0.05) is 12.6 Å². The molecule has 1 saturated heterocycles. The van der Waals surface area contributed by atoms with Gasteiger partial charge in [0.05, 0.1) is 6.04 Å². The van der Waals surface area contributed by atoms with Gasteiger partial charge in [0.25, 0.3) is 5.91 Å². The van der Waals surface area contributed by atoms with E-state index in [0.717, 1.165) is 24.3 Å². The minimum atomic E-state index is -0.613. The number of likely N-dealkylation sites (tertiary alicyclic amines) is 1. The van der Waals surface area contributed by atoms with Gasteiger partial charge in [-0.1, -0.05) is 17.3 Å². The smallest absolute Gasteiger partial charge is 0.267 e. The van der Waals surface area contributed by atoms with E-state index in [9.17, 15) is 4.79 Å². The molecule has 0 spiro atoms. The molecular weight excluding hydrogens is 296 g/mol. The number of benzene rings is 1. The summed E-state index contributed by atoms with van der Waals surface area (Å²) >= 11 is 0. The van der Waals surface area contributed by atoms with Crippen LogP contribution < -0.4 is 9.47 Å². The van der Waals surface area contributed by atoms with Crippen LogP contribution in [-0.4, -0.2) is 35.2 Å². The maximum absolute atomic E-state index is 12.9. The van der Waals surface area contributed by atoms with Crippen molar-refractivity contribution >= 4 is 5.91 Å². The zero-order valence-electron chi connectivity index (χ0n) is 12.9. The van der Waals surface area contributed by atoms with Crippen LogP contribution in [0.15, 0.2) is 34.9 Å². The molecule has 2 aliphatic heterocycles. The van der Waals surface area contributed by atoms with Crippen LogP contribution in [-0.2, 0) is 4.79 Å². The second-order valence-corrected chi connectivity index (χ2v) is 5.92. The van der Waals surface area contributed by atoms with Crippen molar-refractivity contribution in [1.82, 2.24) is 10.1 Å². The normalized spacial score (nSPS) is 23.1. The fourth-order valence-electron chi connectivity index (χ4n) is 3.21. The lowest BCUT2D eigenvalue weighted by atomic mass is 10.1. The first-order valence-corrected chi connectivity index (χ1v) is 7.84. The molecule has 1 aromatic heterocycles. The average molecular weight is 314 g/mol. The maximum atomic E-state index is 12.9. The third kappa shape index (κ3) is 2.54. The minimum absolute atomic E-state index is 0.0410. The second-order valence-electron chi connectivity index (χ2n) is 5.92. The van der Waals surface area contributed by atoms with Crippen LogP contribution in [0.3, 0.4) is 0 Å². The van der Waals surface area contributed by atoms with Crippen LogP contribution in [0.25, 0.3) is 0 Å². The molecule has 1 fully saturated rings. The molecule has 0 bridgehead atoms. The van der Waals surface area contributed by atoms with Crippen molar-refractivity contribution in [2.24, 2.45) is 0 Å². The predicted octanol–water partition coefficient (Wildman–Crippen LogP) is 2.49. The van der Waals surface area contributed by atoms with E-state index in [1.165, 1.54) is 0 Å². The number of hydrogen-bond donors (Lipinski definition) is 0. The van der Waals surface area contributed by atoms with Gasteiger partial charge < -0.3 is 18.9 Å². The molecule has 23 heavy (non-hydrogen) atoms. The zero-order valence-corrected chi connectivity index (χ0v) is 12.9.